The molecule has 0 amide bonds. The number of nitrogens with one attached hydrogen (secondary N) is 1. The topological polar surface area (TPSA) is 56.1 Å². The van der Waals surface area contributed by atoms with Gasteiger partial charge in [-0.15, -0.1) is 0 Å². The van der Waals surface area contributed by atoms with Gasteiger partial charge in [-0.3, -0.25) is 4.79 Å². The van der Waals surface area contributed by atoms with E-state index in [4.69, 9.17) is 9.47 Å². The van der Waals surface area contributed by atoms with Crippen LogP contribution in [0.5, 0.6) is 11.5 Å². The Labute approximate surface area is 148 Å². The van der Waals surface area contributed by atoms with Gasteiger partial charge in [0, 0.05) is 6.20 Å². The van der Waals surface area contributed by atoms with Crippen LogP contribution in [0.3, 0.4) is 0 Å². The van der Waals surface area contributed by atoms with E-state index in [1.54, 1.807) is 32.4 Å². The number of nitrogens with zero attached hydrogens (tertiary/aromatic N) is 2. The van der Waals surface area contributed by atoms with E-state index in [-0.39, 0.29) is 5.78 Å². The first kappa shape index (κ1) is 17.2. The van der Waals surface area contributed by atoms with Gasteiger partial charge in [0.05, 0.1) is 46.0 Å². The molecule has 6 nitrogen and oxygen atoms in total. The smallest absolute Gasteiger partial charge is 0.220 e. The fraction of sp³-hybridized carbons (Fsp3) is 0.368. The highest BCUT2D eigenvalue weighted by Gasteiger charge is 2.25. The Morgan fingerprint density at radius 2 is 1.96 bits per heavy atom. The number of quaternary nitrogens is 1. The first-order valence-electron chi connectivity index (χ1n) is 8.46. The molecule has 2 heterocycles. The SMILES string of the molecule is COc1ccc(OC)c(C(=O)C[NH+]2CCN(c3ccccn3)CC2)c1. The van der Waals surface area contributed by atoms with Gasteiger partial charge in [-0.25, -0.2) is 4.98 Å². The molecule has 6 heteroatoms. The number of carbonyl (C=O) groups excluding carboxylic acids is 1. The molecule has 0 spiro atoms. The van der Waals surface area contributed by atoms with Crippen LogP contribution in [0.1, 0.15) is 10.4 Å². The maximum absolute atomic E-state index is 12.7. The fourth-order valence-electron chi connectivity index (χ4n) is 3.12. The molecule has 132 valence electrons. The fourth-order valence-corrected chi connectivity index (χ4v) is 3.12. The lowest BCUT2D eigenvalue weighted by Gasteiger charge is -2.32. The van der Waals surface area contributed by atoms with Crippen LogP contribution in [0.4, 0.5) is 5.82 Å². The van der Waals surface area contributed by atoms with E-state index in [9.17, 15) is 4.79 Å². The second-order valence-corrected chi connectivity index (χ2v) is 6.09. The summed E-state index contributed by atoms with van der Waals surface area (Å²) in [5.41, 5.74) is 0.585. The molecule has 25 heavy (non-hydrogen) atoms. The van der Waals surface area contributed by atoms with E-state index in [0.29, 0.717) is 23.6 Å². The third-order valence-corrected chi connectivity index (χ3v) is 4.56. The zero-order valence-electron chi connectivity index (χ0n) is 14.7. The van der Waals surface area contributed by atoms with Crippen molar-refractivity contribution in [1.82, 2.24) is 4.98 Å². The van der Waals surface area contributed by atoms with Crippen molar-refractivity contribution < 1.29 is 19.2 Å². The maximum Gasteiger partial charge on any atom is 0.220 e. The van der Waals surface area contributed by atoms with Crippen molar-refractivity contribution in [3.63, 3.8) is 0 Å². The molecule has 1 aliphatic heterocycles. The Kier molecular flexibility index (Phi) is 5.50. The number of rotatable bonds is 6. The lowest BCUT2D eigenvalue weighted by Crippen LogP contribution is -3.15. The summed E-state index contributed by atoms with van der Waals surface area (Å²) in [7, 11) is 3.18. The molecule has 0 bridgehead atoms. The Balaban J connectivity index is 1.61. The molecule has 0 saturated carbocycles. The summed E-state index contributed by atoms with van der Waals surface area (Å²) in [6, 6.07) is 11.3. The molecule has 1 saturated heterocycles. The van der Waals surface area contributed by atoms with Crippen molar-refractivity contribution in [1.29, 1.82) is 0 Å². The second kappa shape index (κ2) is 7.98. The first-order valence-corrected chi connectivity index (χ1v) is 8.46. The molecular weight excluding hydrogens is 318 g/mol. The van der Waals surface area contributed by atoms with Crippen LogP contribution in [-0.2, 0) is 0 Å². The first-order chi connectivity index (χ1) is 12.2. The highest BCUT2D eigenvalue weighted by atomic mass is 16.5. The number of anilines is 1. The van der Waals surface area contributed by atoms with Gasteiger partial charge in [-0.05, 0) is 30.3 Å². The van der Waals surface area contributed by atoms with Gasteiger partial charge in [-0.1, -0.05) is 6.07 Å². The number of benzene rings is 1. The highest BCUT2D eigenvalue weighted by molar-refractivity contribution is 5.99. The standard InChI is InChI=1S/C19H23N3O3/c1-24-15-6-7-18(25-2)16(13-15)17(23)14-21-9-11-22(12-10-21)19-5-3-4-8-20-19/h3-8,13H,9-12,14H2,1-2H3/p+1. The summed E-state index contributed by atoms with van der Waals surface area (Å²) in [6.07, 6.45) is 1.81. The Morgan fingerprint density at radius 1 is 1.16 bits per heavy atom. The van der Waals surface area contributed by atoms with Crippen LogP contribution in [0.15, 0.2) is 42.6 Å². The summed E-state index contributed by atoms with van der Waals surface area (Å²) >= 11 is 0. The zero-order chi connectivity index (χ0) is 17.6. The van der Waals surface area contributed by atoms with Crippen LogP contribution in [0.2, 0.25) is 0 Å². The summed E-state index contributed by atoms with van der Waals surface area (Å²) < 4.78 is 10.6. The van der Waals surface area contributed by atoms with Crippen molar-refractivity contribution in [2.75, 3.05) is 51.8 Å². The normalized spacial score (nSPS) is 15.0. The molecule has 3 rings (SSSR count). The van der Waals surface area contributed by atoms with Crippen LogP contribution in [0, 0.1) is 0 Å². The van der Waals surface area contributed by atoms with Gasteiger partial charge in [0.15, 0.2) is 0 Å². The summed E-state index contributed by atoms with van der Waals surface area (Å²) in [4.78, 5) is 20.7. The minimum absolute atomic E-state index is 0.0806. The van der Waals surface area contributed by atoms with Crippen LogP contribution in [0.25, 0.3) is 0 Å². The van der Waals surface area contributed by atoms with Crippen molar-refractivity contribution in [3.8, 4) is 11.5 Å². The van der Waals surface area contributed by atoms with E-state index < -0.39 is 0 Å². The van der Waals surface area contributed by atoms with Gasteiger partial charge in [0.2, 0.25) is 5.78 Å². The number of ether oxygens (including phenoxy) is 2. The molecule has 0 aliphatic carbocycles. The third-order valence-electron chi connectivity index (χ3n) is 4.56. The van der Waals surface area contributed by atoms with Gasteiger partial charge >= 0.3 is 0 Å². The number of Topliss-reactive ketones (excluding diaryl/α,β-unsaturated/α-hetero) is 1. The minimum atomic E-state index is 0.0806. The van der Waals surface area contributed by atoms with E-state index in [0.717, 1.165) is 32.0 Å². The molecule has 0 radical (unpaired) electrons. The molecule has 1 aromatic carbocycles. The molecule has 2 aromatic rings. The minimum Gasteiger partial charge on any atom is -0.497 e. The Hall–Kier alpha value is -2.60. The lowest BCUT2D eigenvalue weighted by molar-refractivity contribution is -0.892. The number of hydrogen-bond donors (Lipinski definition) is 1. The van der Waals surface area contributed by atoms with Crippen LogP contribution in [-0.4, -0.2) is 57.7 Å². The summed E-state index contributed by atoms with van der Waals surface area (Å²) in [6.45, 7) is 4.08. The Morgan fingerprint density at radius 3 is 2.60 bits per heavy atom. The summed E-state index contributed by atoms with van der Waals surface area (Å²) in [5, 5.41) is 0. The van der Waals surface area contributed by atoms with Crippen LogP contribution >= 0.6 is 0 Å². The van der Waals surface area contributed by atoms with Gasteiger partial charge < -0.3 is 19.3 Å². The third kappa shape index (κ3) is 4.09. The van der Waals surface area contributed by atoms with E-state index in [2.05, 4.69) is 9.88 Å². The molecule has 1 N–H and O–H groups in total. The van der Waals surface area contributed by atoms with Gasteiger partial charge in [0.1, 0.15) is 23.9 Å². The molecule has 1 fully saturated rings. The van der Waals surface area contributed by atoms with Crippen molar-refractivity contribution in [3.05, 3.63) is 48.2 Å². The summed E-state index contributed by atoms with van der Waals surface area (Å²) in [5.74, 6) is 2.34. The average molecular weight is 342 g/mol. The predicted octanol–water partition coefficient (Wildman–Crippen LogP) is 0.687. The molecule has 1 aliphatic rings. The van der Waals surface area contributed by atoms with Crippen molar-refractivity contribution in [2.24, 2.45) is 0 Å². The van der Waals surface area contributed by atoms with Gasteiger partial charge in [-0.2, -0.15) is 0 Å². The zero-order valence-corrected chi connectivity index (χ0v) is 14.7. The van der Waals surface area contributed by atoms with Gasteiger partial charge in [0.25, 0.3) is 0 Å². The molecular formula is C19H24N3O3+. The number of methoxy groups -OCH3 is 2. The number of ketones is 1. The van der Waals surface area contributed by atoms with Crippen LogP contribution < -0.4 is 19.3 Å². The number of carbonyl (C=O) groups is 1. The molecule has 0 atom stereocenters. The quantitative estimate of drug-likeness (QED) is 0.783. The second-order valence-electron chi connectivity index (χ2n) is 6.09. The molecule has 0 unspecified atom stereocenters. The predicted molar refractivity (Wildman–Crippen MR) is 95.9 cm³/mol. The average Bonchev–Trinajstić information content (AvgIpc) is 2.68. The van der Waals surface area contributed by atoms with Crippen molar-refractivity contribution in [2.45, 2.75) is 0 Å². The van der Waals surface area contributed by atoms with E-state index in [1.807, 2.05) is 24.4 Å². The van der Waals surface area contributed by atoms with Crippen molar-refractivity contribution >= 4 is 11.6 Å². The maximum atomic E-state index is 12.7. The molecule has 1 aromatic heterocycles. The number of aromatic nitrogens is 1. The lowest BCUT2D eigenvalue weighted by atomic mass is 10.1. The largest absolute Gasteiger partial charge is 0.497 e. The number of pyridine rings is 1. The highest BCUT2D eigenvalue weighted by Crippen LogP contribution is 2.24. The number of hydrogen-bond acceptors (Lipinski definition) is 5. The monoisotopic (exact) mass is 342 g/mol. The Bertz CT molecular complexity index is 713. The van der Waals surface area contributed by atoms with E-state index >= 15 is 0 Å². The van der Waals surface area contributed by atoms with E-state index in [1.165, 1.54) is 4.90 Å². The number of piperazine rings is 1.